The first-order chi connectivity index (χ1) is 15.0. The van der Waals surface area contributed by atoms with E-state index in [-0.39, 0.29) is 11.6 Å². The average Bonchev–Trinajstić information content (AvgIpc) is 3.27. The molecule has 0 saturated carbocycles. The van der Waals surface area contributed by atoms with Crippen LogP contribution in [0.2, 0.25) is 0 Å². The molecule has 2 aromatic carbocycles. The smallest absolute Gasteiger partial charge is 0.173 e. The highest BCUT2D eigenvalue weighted by molar-refractivity contribution is 5.46. The van der Waals surface area contributed by atoms with Crippen LogP contribution < -0.4 is 9.64 Å². The Morgan fingerprint density at radius 2 is 1.61 bits per heavy atom. The van der Waals surface area contributed by atoms with Gasteiger partial charge >= 0.3 is 0 Å². The minimum atomic E-state index is -0.200. The summed E-state index contributed by atoms with van der Waals surface area (Å²) in [5.41, 5.74) is 2.25. The quantitative estimate of drug-likeness (QED) is 0.606. The molecule has 164 valence electrons. The number of hydrogen-bond donors (Lipinski definition) is 0. The van der Waals surface area contributed by atoms with E-state index in [1.807, 2.05) is 23.7 Å². The number of aromatic nitrogens is 4. The third-order valence-corrected chi connectivity index (χ3v) is 5.68. The van der Waals surface area contributed by atoms with Gasteiger partial charge < -0.3 is 9.64 Å². The van der Waals surface area contributed by atoms with Crippen molar-refractivity contribution >= 4 is 5.69 Å². The molecule has 1 atom stereocenters. The number of hydrogen-bond acceptors (Lipinski definition) is 6. The maximum Gasteiger partial charge on any atom is 0.173 e. The Labute approximate surface area is 184 Å². The lowest BCUT2D eigenvalue weighted by Crippen LogP contribution is -2.48. The molecule has 1 saturated heterocycles. The fraction of sp³-hybridized carbons (Fsp3) is 0.458. The van der Waals surface area contributed by atoms with Crippen molar-refractivity contribution in [3.63, 3.8) is 0 Å². The van der Waals surface area contributed by atoms with Gasteiger partial charge in [0.05, 0.1) is 18.2 Å². The molecule has 7 heteroatoms. The molecule has 0 bridgehead atoms. The van der Waals surface area contributed by atoms with Crippen LogP contribution in [0.1, 0.15) is 45.1 Å². The SMILES string of the molecule is CCOc1ccc(C(c2nnnn2C(C)(C)C)N2CCN(c3ccccc3)CC2)cc1. The molecule has 0 radical (unpaired) electrons. The molecule has 1 aromatic heterocycles. The Morgan fingerprint density at radius 3 is 2.23 bits per heavy atom. The van der Waals surface area contributed by atoms with Gasteiger partial charge in [-0.25, -0.2) is 4.68 Å². The molecule has 4 rings (SSSR count). The second-order valence-electron chi connectivity index (χ2n) is 8.88. The van der Waals surface area contributed by atoms with Crippen LogP contribution in [0.15, 0.2) is 54.6 Å². The predicted octanol–water partition coefficient (Wildman–Crippen LogP) is 3.74. The van der Waals surface area contributed by atoms with Crippen molar-refractivity contribution in [1.29, 1.82) is 0 Å². The van der Waals surface area contributed by atoms with E-state index in [0.29, 0.717) is 6.61 Å². The largest absolute Gasteiger partial charge is 0.494 e. The van der Waals surface area contributed by atoms with Crippen molar-refractivity contribution in [2.75, 3.05) is 37.7 Å². The molecule has 0 N–H and O–H groups in total. The van der Waals surface area contributed by atoms with Crippen molar-refractivity contribution in [2.45, 2.75) is 39.3 Å². The number of anilines is 1. The fourth-order valence-corrected chi connectivity index (χ4v) is 4.16. The summed E-state index contributed by atoms with van der Waals surface area (Å²) in [6.45, 7) is 12.9. The van der Waals surface area contributed by atoms with Gasteiger partial charge in [0, 0.05) is 31.9 Å². The van der Waals surface area contributed by atoms with Crippen LogP contribution in [0.3, 0.4) is 0 Å². The number of nitrogens with zero attached hydrogens (tertiary/aromatic N) is 6. The lowest BCUT2D eigenvalue weighted by atomic mass is 10.0. The lowest BCUT2D eigenvalue weighted by molar-refractivity contribution is 0.191. The summed E-state index contributed by atoms with van der Waals surface area (Å²) in [4.78, 5) is 4.93. The molecule has 0 amide bonds. The van der Waals surface area contributed by atoms with Crippen LogP contribution in [0.4, 0.5) is 5.69 Å². The number of para-hydroxylation sites is 1. The van der Waals surface area contributed by atoms with Crippen molar-refractivity contribution in [3.05, 3.63) is 66.0 Å². The molecule has 2 heterocycles. The average molecular weight is 421 g/mol. The Bertz CT molecular complexity index is 956. The topological polar surface area (TPSA) is 59.3 Å². The van der Waals surface area contributed by atoms with Crippen LogP contribution in [0.5, 0.6) is 5.75 Å². The van der Waals surface area contributed by atoms with Crippen LogP contribution in [0, 0.1) is 0 Å². The summed E-state index contributed by atoms with van der Waals surface area (Å²) in [6, 6.07) is 19.0. The molecule has 0 spiro atoms. The van der Waals surface area contributed by atoms with Crippen molar-refractivity contribution < 1.29 is 4.74 Å². The third-order valence-electron chi connectivity index (χ3n) is 5.68. The molecule has 1 aliphatic rings. The van der Waals surface area contributed by atoms with E-state index < -0.39 is 0 Å². The lowest BCUT2D eigenvalue weighted by Gasteiger charge is -2.40. The van der Waals surface area contributed by atoms with Gasteiger partial charge in [-0.3, -0.25) is 4.90 Å². The highest BCUT2D eigenvalue weighted by Gasteiger charge is 2.33. The van der Waals surface area contributed by atoms with Crippen LogP contribution in [-0.4, -0.2) is 57.9 Å². The minimum Gasteiger partial charge on any atom is -0.494 e. The zero-order chi connectivity index (χ0) is 21.8. The van der Waals surface area contributed by atoms with E-state index in [9.17, 15) is 0 Å². The Balaban J connectivity index is 1.63. The Hall–Kier alpha value is -2.93. The van der Waals surface area contributed by atoms with Gasteiger partial charge in [0.1, 0.15) is 5.75 Å². The van der Waals surface area contributed by atoms with Gasteiger partial charge in [-0.2, -0.15) is 0 Å². The summed E-state index contributed by atoms with van der Waals surface area (Å²) in [6.07, 6.45) is 0. The highest BCUT2D eigenvalue weighted by Crippen LogP contribution is 2.32. The predicted molar refractivity (Wildman–Crippen MR) is 122 cm³/mol. The van der Waals surface area contributed by atoms with Gasteiger partial charge in [-0.1, -0.05) is 30.3 Å². The summed E-state index contributed by atoms with van der Waals surface area (Å²) < 4.78 is 7.61. The molecule has 7 nitrogen and oxygen atoms in total. The number of rotatable bonds is 6. The number of tetrazole rings is 1. The first-order valence-electron chi connectivity index (χ1n) is 11.0. The zero-order valence-electron chi connectivity index (χ0n) is 18.9. The van der Waals surface area contributed by atoms with Gasteiger partial charge in [0.15, 0.2) is 5.82 Å². The molecule has 31 heavy (non-hydrogen) atoms. The molecule has 3 aromatic rings. The first kappa shape index (κ1) is 21.3. The van der Waals surface area contributed by atoms with Gasteiger partial charge in [0.25, 0.3) is 0 Å². The number of piperazine rings is 1. The second kappa shape index (κ2) is 9.06. The van der Waals surface area contributed by atoms with Gasteiger partial charge in [-0.15, -0.1) is 5.10 Å². The molecule has 1 fully saturated rings. The van der Waals surface area contributed by atoms with Crippen molar-refractivity contribution in [2.24, 2.45) is 0 Å². The summed E-state index contributed by atoms with van der Waals surface area (Å²) in [5.74, 6) is 1.76. The van der Waals surface area contributed by atoms with E-state index >= 15 is 0 Å². The number of benzene rings is 2. The van der Waals surface area contributed by atoms with Gasteiger partial charge in [-0.05, 0) is 68.0 Å². The van der Waals surface area contributed by atoms with E-state index in [0.717, 1.165) is 37.8 Å². The summed E-state index contributed by atoms with van der Waals surface area (Å²) >= 11 is 0. The first-order valence-corrected chi connectivity index (χ1v) is 11.0. The van der Waals surface area contributed by atoms with Crippen LogP contribution >= 0.6 is 0 Å². The minimum absolute atomic E-state index is 0.0113. The molecule has 1 unspecified atom stereocenters. The van der Waals surface area contributed by atoms with E-state index in [1.165, 1.54) is 11.3 Å². The van der Waals surface area contributed by atoms with E-state index in [4.69, 9.17) is 4.74 Å². The standard InChI is InChI=1S/C24H32N6O/c1-5-31-21-13-11-19(12-14-21)22(23-25-26-27-30(23)24(2,3)4)29-17-15-28(16-18-29)20-9-7-6-8-10-20/h6-14,22H,5,15-18H2,1-4H3. The highest BCUT2D eigenvalue weighted by atomic mass is 16.5. The summed E-state index contributed by atoms with van der Waals surface area (Å²) in [7, 11) is 0. The van der Waals surface area contributed by atoms with Gasteiger partial charge in [0.2, 0.25) is 0 Å². The van der Waals surface area contributed by atoms with E-state index in [2.05, 4.69) is 88.6 Å². The second-order valence-corrected chi connectivity index (χ2v) is 8.88. The number of ether oxygens (including phenoxy) is 1. The fourth-order valence-electron chi connectivity index (χ4n) is 4.16. The molecule has 1 aliphatic heterocycles. The van der Waals surface area contributed by atoms with Crippen LogP contribution in [0.25, 0.3) is 0 Å². The molecular formula is C24H32N6O. The van der Waals surface area contributed by atoms with Crippen molar-refractivity contribution in [1.82, 2.24) is 25.1 Å². The zero-order valence-corrected chi connectivity index (χ0v) is 18.9. The maximum atomic E-state index is 5.65. The van der Waals surface area contributed by atoms with E-state index in [1.54, 1.807) is 0 Å². The molecular weight excluding hydrogens is 388 g/mol. The van der Waals surface area contributed by atoms with Crippen LogP contribution in [-0.2, 0) is 5.54 Å². The normalized spacial score (nSPS) is 16.3. The monoisotopic (exact) mass is 420 g/mol. The Kier molecular flexibility index (Phi) is 6.23. The third kappa shape index (κ3) is 4.71. The van der Waals surface area contributed by atoms with Crippen molar-refractivity contribution in [3.8, 4) is 5.75 Å². The summed E-state index contributed by atoms with van der Waals surface area (Å²) in [5, 5.41) is 12.9. The maximum absolute atomic E-state index is 5.65. The Morgan fingerprint density at radius 1 is 0.935 bits per heavy atom. The molecule has 0 aliphatic carbocycles.